The van der Waals surface area contributed by atoms with Crippen molar-refractivity contribution in [2.45, 2.75) is 52.9 Å². The molecule has 18 heavy (non-hydrogen) atoms. The maximum Gasteiger partial charge on any atom is 0.0555 e. The third kappa shape index (κ3) is 3.00. The molecule has 1 aromatic rings. The van der Waals surface area contributed by atoms with Gasteiger partial charge in [-0.15, -0.1) is 0 Å². The molecule has 1 nitrogen and oxygen atoms in total. The summed E-state index contributed by atoms with van der Waals surface area (Å²) >= 11 is 6.50. The van der Waals surface area contributed by atoms with Crippen molar-refractivity contribution in [3.05, 3.63) is 28.8 Å². The highest BCUT2D eigenvalue weighted by atomic mass is 35.5. The summed E-state index contributed by atoms with van der Waals surface area (Å²) in [6, 6.07) is 4.33. The van der Waals surface area contributed by atoms with Gasteiger partial charge in [-0.1, -0.05) is 25.3 Å². The van der Waals surface area contributed by atoms with Crippen molar-refractivity contribution in [2.24, 2.45) is 5.92 Å². The van der Waals surface area contributed by atoms with E-state index in [1.807, 2.05) is 4.42 Å². The van der Waals surface area contributed by atoms with E-state index in [1.54, 1.807) is 0 Å². The molecule has 1 fully saturated rings. The Hall–Kier alpha value is -0.690. The molecule has 1 saturated carbocycles. The highest BCUT2D eigenvalue weighted by Crippen LogP contribution is 2.30. The van der Waals surface area contributed by atoms with Gasteiger partial charge in [-0.2, -0.15) is 0 Å². The molecule has 0 saturated heterocycles. The number of anilines is 1. The Balaban J connectivity index is 2.08. The second kappa shape index (κ2) is 5.97. The van der Waals surface area contributed by atoms with E-state index in [9.17, 15) is 0 Å². The molecule has 1 aliphatic rings. The summed E-state index contributed by atoms with van der Waals surface area (Å²) in [7, 11) is 0. The third-order valence-electron chi connectivity index (χ3n) is 4.43. The smallest absolute Gasteiger partial charge is 0.0555 e. The fraction of sp³-hybridized carbons (Fsp3) is 0.625. The molecule has 1 aliphatic carbocycles. The van der Waals surface area contributed by atoms with Crippen LogP contribution in [-0.2, 0) is 0 Å². The van der Waals surface area contributed by atoms with Gasteiger partial charge in [0.05, 0.1) is 5.69 Å². The van der Waals surface area contributed by atoms with Crippen molar-refractivity contribution < 1.29 is 0 Å². The van der Waals surface area contributed by atoms with Crippen LogP contribution in [0.3, 0.4) is 0 Å². The first-order chi connectivity index (χ1) is 8.59. The zero-order valence-electron chi connectivity index (χ0n) is 11.8. The minimum atomic E-state index is 0.775. The normalized spacial score (nSPS) is 16.9. The van der Waals surface area contributed by atoms with E-state index >= 15 is 0 Å². The van der Waals surface area contributed by atoms with E-state index in [1.165, 1.54) is 54.5 Å². The van der Waals surface area contributed by atoms with Gasteiger partial charge in [0.1, 0.15) is 0 Å². The quantitative estimate of drug-likeness (QED) is 0.683. The first-order valence-corrected chi connectivity index (χ1v) is 7.43. The first kappa shape index (κ1) is 13.7. The summed E-state index contributed by atoms with van der Waals surface area (Å²) < 4.78 is 1.94. The number of halogens is 1. The lowest BCUT2D eigenvalue weighted by atomic mass is 9.89. The van der Waals surface area contributed by atoms with Crippen LogP contribution in [-0.4, -0.2) is 6.54 Å². The largest absolute Gasteiger partial charge is 0.285 e. The molecule has 2 heteroatoms. The number of aryl methyl sites for hydroxylation is 1. The molecular formula is C16H24ClN. The minimum absolute atomic E-state index is 0.775. The van der Waals surface area contributed by atoms with Crippen molar-refractivity contribution in [1.82, 2.24) is 0 Å². The molecule has 0 aromatic heterocycles. The van der Waals surface area contributed by atoms with Crippen molar-refractivity contribution in [1.29, 1.82) is 0 Å². The lowest BCUT2D eigenvalue weighted by Crippen LogP contribution is -2.23. The summed E-state index contributed by atoms with van der Waals surface area (Å²) in [5.41, 5.74) is 5.21. The fourth-order valence-electron chi connectivity index (χ4n) is 2.90. The third-order valence-corrected chi connectivity index (χ3v) is 4.75. The molecule has 100 valence electrons. The summed E-state index contributed by atoms with van der Waals surface area (Å²) in [5.74, 6) is 0.775. The first-order valence-electron chi connectivity index (χ1n) is 7.09. The Morgan fingerprint density at radius 3 is 2.39 bits per heavy atom. The van der Waals surface area contributed by atoms with Gasteiger partial charge in [0.25, 0.3) is 0 Å². The number of rotatable bonds is 3. The van der Waals surface area contributed by atoms with Gasteiger partial charge < -0.3 is 0 Å². The lowest BCUT2D eigenvalue weighted by Gasteiger charge is -2.27. The molecule has 0 amide bonds. The Kier molecular flexibility index (Phi) is 4.55. The molecule has 1 aromatic carbocycles. The van der Waals surface area contributed by atoms with E-state index in [0.717, 1.165) is 12.5 Å². The van der Waals surface area contributed by atoms with Crippen LogP contribution in [0.5, 0.6) is 0 Å². The second-order valence-electron chi connectivity index (χ2n) is 5.70. The lowest BCUT2D eigenvalue weighted by molar-refractivity contribution is 0.367. The molecular weight excluding hydrogens is 242 g/mol. The van der Waals surface area contributed by atoms with Gasteiger partial charge >= 0.3 is 0 Å². The minimum Gasteiger partial charge on any atom is -0.285 e. The molecule has 0 radical (unpaired) electrons. The van der Waals surface area contributed by atoms with Crippen LogP contribution in [0.1, 0.15) is 48.8 Å². The predicted octanol–water partition coefficient (Wildman–Crippen LogP) is 5.15. The Bertz CT molecular complexity index is 408. The SMILES string of the molecule is Cc1ccc(N(Cl)CC2CCCCC2)c(C)c1C. The molecule has 0 heterocycles. The van der Waals surface area contributed by atoms with E-state index in [-0.39, 0.29) is 0 Å². The molecule has 0 spiro atoms. The highest BCUT2D eigenvalue weighted by molar-refractivity contribution is 6.25. The van der Waals surface area contributed by atoms with Crippen molar-refractivity contribution in [2.75, 3.05) is 11.0 Å². The molecule has 0 unspecified atom stereocenters. The van der Waals surface area contributed by atoms with Crippen LogP contribution in [0, 0.1) is 26.7 Å². The van der Waals surface area contributed by atoms with Crippen molar-refractivity contribution >= 4 is 17.5 Å². The zero-order chi connectivity index (χ0) is 13.1. The van der Waals surface area contributed by atoms with E-state index in [2.05, 4.69) is 32.9 Å². The predicted molar refractivity (Wildman–Crippen MR) is 80.4 cm³/mol. The second-order valence-corrected chi connectivity index (χ2v) is 6.11. The molecule has 0 N–H and O–H groups in total. The average Bonchev–Trinajstić information content (AvgIpc) is 2.37. The van der Waals surface area contributed by atoms with Crippen LogP contribution in [0.2, 0.25) is 0 Å². The summed E-state index contributed by atoms with van der Waals surface area (Å²) in [6.07, 6.45) is 6.84. The van der Waals surface area contributed by atoms with Gasteiger partial charge in [-0.3, -0.25) is 4.42 Å². The Labute approximate surface area is 116 Å². The van der Waals surface area contributed by atoms with E-state index < -0.39 is 0 Å². The maximum atomic E-state index is 6.50. The van der Waals surface area contributed by atoms with Gasteiger partial charge in [-0.05, 0) is 62.3 Å². The zero-order valence-corrected chi connectivity index (χ0v) is 12.6. The standard InChI is InChI=1S/C16H24ClN/c1-12-9-10-16(14(3)13(12)2)18(17)11-15-7-5-4-6-8-15/h9-10,15H,4-8,11H2,1-3H3. The summed E-state index contributed by atoms with van der Waals surface area (Å²) in [5, 5.41) is 0. The fourth-order valence-corrected chi connectivity index (χ4v) is 3.28. The number of hydrogen-bond donors (Lipinski definition) is 0. The van der Waals surface area contributed by atoms with E-state index in [0.29, 0.717) is 0 Å². The van der Waals surface area contributed by atoms with Crippen LogP contribution >= 0.6 is 11.8 Å². The average molecular weight is 266 g/mol. The summed E-state index contributed by atoms with van der Waals surface area (Å²) in [6.45, 7) is 7.50. The highest BCUT2D eigenvalue weighted by Gasteiger charge is 2.18. The van der Waals surface area contributed by atoms with E-state index in [4.69, 9.17) is 11.8 Å². The van der Waals surface area contributed by atoms with Crippen LogP contribution in [0.25, 0.3) is 0 Å². The Morgan fingerprint density at radius 1 is 1.06 bits per heavy atom. The van der Waals surface area contributed by atoms with Gasteiger partial charge in [-0.25, -0.2) is 0 Å². The van der Waals surface area contributed by atoms with Gasteiger partial charge in [0.2, 0.25) is 0 Å². The molecule has 0 atom stereocenters. The summed E-state index contributed by atoms with van der Waals surface area (Å²) in [4.78, 5) is 0. The number of hydrogen-bond acceptors (Lipinski definition) is 1. The number of nitrogens with zero attached hydrogens (tertiary/aromatic N) is 1. The number of benzene rings is 1. The molecule has 0 bridgehead atoms. The van der Waals surface area contributed by atoms with Crippen LogP contribution in [0.4, 0.5) is 5.69 Å². The van der Waals surface area contributed by atoms with Crippen LogP contribution < -0.4 is 4.42 Å². The monoisotopic (exact) mass is 265 g/mol. The Morgan fingerprint density at radius 2 is 1.72 bits per heavy atom. The van der Waals surface area contributed by atoms with Crippen molar-refractivity contribution in [3.8, 4) is 0 Å². The molecule has 2 rings (SSSR count). The maximum absolute atomic E-state index is 6.50. The van der Waals surface area contributed by atoms with Crippen molar-refractivity contribution in [3.63, 3.8) is 0 Å². The molecule has 0 aliphatic heterocycles. The topological polar surface area (TPSA) is 3.24 Å². The van der Waals surface area contributed by atoms with Gasteiger partial charge in [0, 0.05) is 18.3 Å². The van der Waals surface area contributed by atoms with Gasteiger partial charge in [0.15, 0.2) is 0 Å². The van der Waals surface area contributed by atoms with Crippen LogP contribution in [0.15, 0.2) is 12.1 Å².